The molecule has 0 aliphatic rings. The molecule has 3 unspecified atom stereocenters. The number of carbonyl (C=O) groups is 5. The number of nitrogens with one attached hydrogen (secondary N) is 2. The zero-order chi connectivity index (χ0) is 20.3. The molecule has 0 aromatic rings. The molecule has 0 aromatic carbocycles. The summed E-state index contributed by atoms with van der Waals surface area (Å²) >= 11 is 1.11. The molecule has 0 bridgehead atoms. The first-order valence-electron chi connectivity index (χ1n) is 7.62. The normalized spacial score (nSPS) is 13.9. The molecule has 0 saturated heterocycles. The topological polar surface area (TPSA) is 196 Å². The van der Waals surface area contributed by atoms with E-state index in [0.29, 0.717) is 0 Å². The van der Waals surface area contributed by atoms with E-state index in [9.17, 15) is 24.0 Å². The van der Waals surface area contributed by atoms with Crippen LogP contribution >= 0.6 is 11.8 Å². The first-order chi connectivity index (χ1) is 12.0. The van der Waals surface area contributed by atoms with Crippen LogP contribution in [0.4, 0.5) is 0 Å². The molecule has 0 saturated carbocycles. The summed E-state index contributed by atoms with van der Waals surface area (Å²) in [4.78, 5) is 55.8. The molecule has 0 fully saturated rings. The number of amides is 2. The van der Waals surface area contributed by atoms with Gasteiger partial charge in [0.25, 0.3) is 0 Å². The molecule has 0 aliphatic heterocycles. The summed E-state index contributed by atoms with van der Waals surface area (Å²) in [6.45, 7) is 0.853. The fraction of sp³-hybridized carbons (Fsp3) is 0.643. The number of carbonyl (C=O) groups excluding carboxylic acids is 2. The van der Waals surface area contributed by atoms with Crippen molar-refractivity contribution in [2.75, 3.05) is 18.1 Å². The molecular formula is C14H23N3O8S. The van der Waals surface area contributed by atoms with E-state index in [1.807, 2.05) is 0 Å². The maximum absolute atomic E-state index is 12.0. The first-order valence-corrected chi connectivity index (χ1v) is 8.77. The van der Waals surface area contributed by atoms with Crippen molar-refractivity contribution >= 4 is 41.5 Å². The SMILES string of the molecule is CC(CSCC(NC(=O)CCC(N)C(=O)O)C(=O)NCC(=O)O)C(=O)O. The zero-order valence-electron chi connectivity index (χ0n) is 14.1. The van der Waals surface area contributed by atoms with Gasteiger partial charge in [0.2, 0.25) is 11.8 Å². The van der Waals surface area contributed by atoms with Crippen LogP contribution in [0.1, 0.15) is 19.8 Å². The minimum atomic E-state index is -1.26. The number of aliphatic carboxylic acids is 3. The van der Waals surface area contributed by atoms with Gasteiger partial charge in [0, 0.05) is 17.9 Å². The monoisotopic (exact) mass is 393 g/mol. The van der Waals surface area contributed by atoms with Crippen LogP contribution in [-0.4, -0.2) is 75.2 Å². The molecule has 11 nitrogen and oxygen atoms in total. The Bertz CT molecular complexity index is 542. The smallest absolute Gasteiger partial charge is 0.322 e. The van der Waals surface area contributed by atoms with E-state index in [1.165, 1.54) is 6.92 Å². The third-order valence-electron chi connectivity index (χ3n) is 3.14. The van der Waals surface area contributed by atoms with Crippen molar-refractivity contribution in [3.63, 3.8) is 0 Å². The Morgan fingerprint density at radius 3 is 2.15 bits per heavy atom. The predicted octanol–water partition coefficient (Wildman–Crippen LogP) is -1.68. The second-order valence-corrected chi connectivity index (χ2v) is 6.57. The molecule has 0 aromatic heterocycles. The van der Waals surface area contributed by atoms with Gasteiger partial charge in [-0.3, -0.25) is 24.0 Å². The van der Waals surface area contributed by atoms with Crippen molar-refractivity contribution in [1.29, 1.82) is 0 Å². The van der Waals surface area contributed by atoms with Gasteiger partial charge in [-0.2, -0.15) is 11.8 Å². The van der Waals surface area contributed by atoms with E-state index in [0.717, 1.165) is 11.8 Å². The molecule has 0 radical (unpaired) electrons. The minimum absolute atomic E-state index is 0.0276. The number of thioether (sulfide) groups is 1. The Balaban J connectivity index is 4.67. The van der Waals surface area contributed by atoms with E-state index in [1.54, 1.807) is 0 Å². The minimum Gasteiger partial charge on any atom is -0.481 e. The van der Waals surface area contributed by atoms with Crippen LogP contribution in [0, 0.1) is 5.92 Å². The van der Waals surface area contributed by atoms with E-state index in [2.05, 4.69) is 10.6 Å². The highest BCUT2D eigenvalue weighted by Gasteiger charge is 2.23. The predicted molar refractivity (Wildman–Crippen MR) is 91.5 cm³/mol. The fourth-order valence-electron chi connectivity index (χ4n) is 1.58. The summed E-state index contributed by atoms with van der Waals surface area (Å²) < 4.78 is 0. The number of carboxylic acid groups (broad SMARTS) is 3. The lowest BCUT2D eigenvalue weighted by Crippen LogP contribution is -2.49. The Labute approximate surface area is 153 Å². The summed E-state index contributed by atoms with van der Waals surface area (Å²) in [6, 6.07) is -2.31. The summed E-state index contributed by atoms with van der Waals surface area (Å²) in [5, 5.41) is 30.6. The highest BCUT2D eigenvalue weighted by molar-refractivity contribution is 7.99. The number of nitrogens with two attached hydrogens (primary N) is 1. The molecule has 0 rings (SSSR count). The largest absolute Gasteiger partial charge is 0.481 e. The average Bonchev–Trinajstić information content (AvgIpc) is 2.55. The van der Waals surface area contributed by atoms with Crippen molar-refractivity contribution in [2.45, 2.75) is 31.8 Å². The standard InChI is InChI=1S/C14H23N3O8S/c1-7(13(22)23)5-26-6-9(12(21)16-4-11(19)20)17-10(18)3-2-8(15)14(24)25/h7-9H,2-6,15H2,1H3,(H,16,21)(H,17,18)(H,19,20)(H,22,23)(H,24,25). The van der Waals surface area contributed by atoms with Crippen LogP contribution in [0.15, 0.2) is 0 Å². The Morgan fingerprint density at radius 1 is 1.04 bits per heavy atom. The van der Waals surface area contributed by atoms with Gasteiger partial charge in [0.15, 0.2) is 0 Å². The third kappa shape index (κ3) is 10.5. The summed E-state index contributed by atoms with van der Waals surface area (Å²) in [6.07, 6.45) is -0.361. The summed E-state index contributed by atoms with van der Waals surface area (Å²) in [5.41, 5.74) is 5.29. The number of hydrogen-bond donors (Lipinski definition) is 6. The van der Waals surface area contributed by atoms with Crippen LogP contribution in [-0.2, 0) is 24.0 Å². The Kier molecular flexibility index (Phi) is 11.0. The number of carboxylic acids is 3. The van der Waals surface area contributed by atoms with E-state index >= 15 is 0 Å². The molecule has 148 valence electrons. The summed E-state index contributed by atoms with van der Waals surface area (Å²) in [5.74, 6) is -5.32. The average molecular weight is 393 g/mol. The van der Waals surface area contributed by atoms with Crippen LogP contribution in [0.2, 0.25) is 0 Å². The lowest BCUT2D eigenvalue weighted by molar-refractivity contribution is -0.140. The molecular weight excluding hydrogens is 370 g/mol. The van der Waals surface area contributed by atoms with E-state index in [4.69, 9.17) is 21.1 Å². The van der Waals surface area contributed by atoms with Crippen LogP contribution in [0.5, 0.6) is 0 Å². The quantitative estimate of drug-likeness (QED) is 0.210. The van der Waals surface area contributed by atoms with Gasteiger partial charge in [-0.1, -0.05) is 6.92 Å². The van der Waals surface area contributed by atoms with Crippen LogP contribution in [0.25, 0.3) is 0 Å². The van der Waals surface area contributed by atoms with Gasteiger partial charge in [-0.15, -0.1) is 0 Å². The third-order valence-corrected chi connectivity index (χ3v) is 4.44. The first kappa shape index (κ1) is 23.7. The van der Waals surface area contributed by atoms with Crippen molar-refractivity contribution in [1.82, 2.24) is 10.6 Å². The van der Waals surface area contributed by atoms with E-state index in [-0.39, 0.29) is 24.3 Å². The lowest BCUT2D eigenvalue weighted by Gasteiger charge is -2.18. The van der Waals surface area contributed by atoms with Crippen molar-refractivity contribution in [3.8, 4) is 0 Å². The molecule has 0 spiro atoms. The zero-order valence-corrected chi connectivity index (χ0v) is 15.0. The van der Waals surface area contributed by atoms with Gasteiger partial charge in [0.1, 0.15) is 18.6 Å². The van der Waals surface area contributed by atoms with Crippen LogP contribution in [0.3, 0.4) is 0 Å². The van der Waals surface area contributed by atoms with Gasteiger partial charge >= 0.3 is 17.9 Å². The molecule has 2 amide bonds. The Hall–Kier alpha value is -2.34. The fourth-order valence-corrected chi connectivity index (χ4v) is 2.68. The second-order valence-electron chi connectivity index (χ2n) is 5.49. The van der Waals surface area contributed by atoms with Crippen molar-refractivity contribution in [3.05, 3.63) is 0 Å². The van der Waals surface area contributed by atoms with Crippen molar-refractivity contribution < 1.29 is 39.3 Å². The highest BCUT2D eigenvalue weighted by atomic mass is 32.2. The maximum Gasteiger partial charge on any atom is 0.322 e. The molecule has 0 heterocycles. The number of hydrogen-bond acceptors (Lipinski definition) is 7. The molecule has 7 N–H and O–H groups in total. The molecule has 0 aliphatic carbocycles. The van der Waals surface area contributed by atoms with Crippen molar-refractivity contribution in [2.24, 2.45) is 11.7 Å². The van der Waals surface area contributed by atoms with Gasteiger partial charge in [-0.05, 0) is 6.42 Å². The molecule has 12 heteroatoms. The summed E-state index contributed by atoms with van der Waals surface area (Å²) in [7, 11) is 0. The highest BCUT2D eigenvalue weighted by Crippen LogP contribution is 2.10. The lowest BCUT2D eigenvalue weighted by atomic mass is 10.1. The van der Waals surface area contributed by atoms with Gasteiger partial charge in [-0.25, -0.2) is 0 Å². The second kappa shape index (κ2) is 12.1. The molecule has 26 heavy (non-hydrogen) atoms. The van der Waals surface area contributed by atoms with E-state index < -0.39 is 54.3 Å². The van der Waals surface area contributed by atoms with Gasteiger partial charge in [0.05, 0.1) is 5.92 Å². The Morgan fingerprint density at radius 2 is 1.65 bits per heavy atom. The van der Waals surface area contributed by atoms with Gasteiger partial charge < -0.3 is 31.7 Å². The maximum atomic E-state index is 12.0. The molecule has 3 atom stereocenters. The van der Waals surface area contributed by atoms with Crippen LogP contribution < -0.4 is 16.4 Å². The number of rotatable bonds is 13.